The largest absolute Gasteiger partial charge is 0.416 e. The summed E-state index contributed by atoms with van der Waals surface area (Å²) in [4.78, 5) is 33.6. The Bertz CT molecular complexity index is 920. The van der Waals surface area contributed by atoms with Crippen molar-refractivity contribution < 1.29 is 22.7 Å². The molecule has 1 aromatic heterocycles. The molecule has 2 aromatic rings. The molecule has 1 fully saturated rings. The average Bonchev–Trinajstić information content (AvgIpc) is 2.67. The molecule has 1 amide bonds. The van der Waals surface area contributed by atoms with E-state index < -0.39 is 17.6 Å². The number of carbonyl (C=O) groups excluding carboxylic acids is 1. The molecule has 3 rings (SSSR count). The second kappa shape index (κ2) is 8.64. The van der Waals surface area contributed by atoms with Crippen LogP contribution in [0, 0.1) is 6.92 Å². The van der Waals surface area contributed by atoms with Crippen LogP contribution in [-0.4, -0.2) is 42.2 Å². The molecule has 10 heteroatoms. The third-order valence-corrected chi connectivity index (χ3v) is 4.62. The lowest BCUT2D eigenvalue weighted by Gasteiger charge is -2.27. The highest BCUT2D eigenvalue weighted by atomic mass is 19.4. The molecule has 2 N–H and O–H groups in total. The standard InChI is InChI=1S/C19H21F3N4O3/c1-12-15(17(28)25-18(23-12)26-8-10-29-11-9-26)6-7-16(27)24-14-4-2-13(3-5-14)19(20,21)22/h2-5H,6-11H2,1H3,(H,24,27)(H,23,25,28). The van der Waals surface area contributed by atoms with Gasteiger partial charge in [-0.2, -0.15) is 13.2 Å². The summed E-state index contributed by atoms with van der Waals surface area (Å²) >= 11 is 0. The Hall–Kier alpha value is -2.88. The lowest BCUT2D eigenvalue weighted by atomic mass is 10.1. The molecular formula is C19H21F3N4O3. The summed E-state index contributed by atoms with van der Waals surface area (Å²) in [7, 11) is 0. The van der Waals surface area contributed by atoms with E-state index in [1.807, 2.05) is 4.90 Å². The zero-order valence-corrected chi connectivity index (χ0v) is 15.8. The first-order chi connectivity index (χ1) is 13.7. The second-order valence-electron chi connectivity index (χ2n) is 6.68. The molecule has 1 aliphatic heterocycles. The van der Waals surface area contributed by atoms with Crippen LogP contribution in [0.1, 0.15) is 23.2 Å². The fourth-order valence-corrected chi connectivity index (χ4v) is 3.02. The molecule has 0 radical (unpaired) electrons. The molecule has 0 atom stereocenters. The predicted molar refractivity (Wildman–Crippen MR) is 101 cm³/mol. The number of benzene rings is 1. The average molecular weight is 410 g/mol. The molecule has 0 spiro atoms. The first-order valence-electron chi connectivity index (χ1n) is 9.13. The van der Waals surface area contributed by atoms with Gasteiger partial charge in [0.25, 0.3) is 5.56 Å². The fourth-order valence-electron chi connectivity index (χ4n) is 3.02. The number of H-pyrrole nitrogens is 1. The minimum Gasteiger partial charge on any atom is -0.378 e. The molecule has 7 nitrogen and oxygen atoms in total. The van der Waals surface area contributed by atoms with Gasteiger partial charge in [-0.3, -0.25) is 14.6 Å². The number of nitrogens with zero attached hydrogens (tertiary/aromatic N) is 2. The zero-order chi connectivity index (χ0) is 21.0. The van der Waals surface area contributed by atoms with Crippen molar-refractivity contribution in [1.29, 1.82) is 0 Å². The number of carbonyl (C=O) groups is 1. The summed E-state index contributed by atoms with van der Waals surface area (Å²) in [5.74, 6) is 0.0783. The van der Waals surface area contributed by atoms with Crippen LogP contribution in [0.5, 0.6) is 0 Å². The number of hydrogen-bond acceptors (Lipinski definition) is 5. The SMILES string of the molecule is Cc1nc(N2CCOCC2)[nH]c(=O)c1CCC(=O)Nc1ccc(C(F)(F)F)cc1. The number of morpholine rings is 1. The highest BCUT2D eigenvalue weighted by molar-refractivity contribution is 5.90. The molecule has 29 heavy (non-hydrogen) atoms. The zero-order valence-electron chi connectivity index (χ0n) is 15.8. The van der Waals surface area contributed by atoms with Gasteiger partial charge in [0.15, 0.2) is 0 Å². The fraction of sp³-hybridized carbons (Fsp3) is 0.421. The number of nitrogens with one attached hydrogen (secondary N) is 2. The highest BCUT2D eigenvalue weighted by Gasteiger charge is 2.30. The third-order valence-electron chi connectivity index (χ3n) is 4.62. The van der Waals surface area contributed by atoms with Crippen LogP contribution in [0.2, 0.25) is 0 Å². The number of aromatic amines is 1. The number of alkyl halides is 3. The van der Waals surface area contributed by atoms with E-state index in [4.69, 9.17) is 4.74 Å². The van der Waals surface area contributed by atoms with Gasteiger partial charge in [0, 0.05) is 36.5 Å². The van der Waals surface area contributed by atoms with Crippen molar-refractivity contribution in [3.63, 3.8) is 0 Å². The molecule has 0 aliphatic carbocycles. The van der Waals surface area contributed by atoms with Gasteiger partial charge >= 0.3 is 6.18 Å². The summed E-state index contributed by atoms with van der Waals surface area (Å²) in [6.45, 7) is 4.11. The van der Waals surface area contributed by atoms with Crippen molar-refractivity contribution in [3.05, 3.63) is 51.4 Å². The van der Waals surface area contributed by atoms with Crippen molar-refractivity contribution in [2.75, 3.05) is 36.5 Å². The number of aromatic nitrogens is 2. The maximum absolute atomic E-state index is 12.6. The first-order valence-corrected chi connectivity index (χ1v) is 9.13. The van der Waals surface area contributed by atoms with E-state index in [0.29, 0.717) is 43.5 Å². The third kappa shape index (κ3) is 5.35. The normalized spacial score (nSPS) is 14.7. The minimum atomic E-state index is -4.43. The predicted octanol–water partition coefficient (Wildman–Crippen LogP) is 2.51. The molecule has 1 aliphatic rings. The second-order valence-corrected chi connectivity index (χ2v) is 6.68. The maximum Gasteiger partial charge on any atom is 0.416 e. The summed E-state index contributed by atoms with van der Waals surface area (Å²) < 4.78 is 43.0. The molecular weight excluding hydrogens is 389 g/mol. The summed E-state index contributed by atoms with van der Waals surface area (Å²) in [5, 5.41) is 2.53. The van der Waals surface area contributed by atoms with E-state index in [0.717, 1.165) is 12.1 Å². The topological polar surface area (TPSA) is 87.3 Å². The van der Waals surface area contributed by atoms with Gasteiger partial charge in [0.1, 0.15) is 0 Å². The minimum absolute atomic E-state index is 0.00350. The Labute approximate surface area is 164 Å². The Morgan fingerprint density at radius 2 is 1.90 bits per heavy atom. The van der Waals surface area contributed by atoms with Gasteiger partial charge in [-0.15, -0.1) is 0 Å². The van der Waals surface area contributed by atoms with Crippen LogP contribution in [0.3, 0.4) is 0 Å². The Balaban J connectivity index is 1.60. The van der Waals surface area contributed by atoms with Crippen molar-refractivity contribution in [2.24, 2.45) is 0 Å². The lowest BCUT2D eigenvalue weighted by molar-refractivity contribution is -0.137. The van der Waals surface area contributed by atoms with E-state index in [1.165, 1.54) is 12.1 Å². The van der Waals surface area contributed by atoms with Gasteiger partial charge in [-0.1, -0.05) is 0 Å². The van der Waals surface area contributed by atoms with Gasteiger partial charge in [0.2, 0.25) is 11.9 Å². The van der Waals surface area contributed by atoms with Crippen molar-refractivity contribution >= 4 is 17.5 Å². The molecule has 1 aromatic carbocycles. The highest BCUT2D eigenvalue weighted by Crippen LogP contribution is 2.29. The summed E-state index contributed by atoms with van der Waals surface area (Å²) in [6, 6.07) is 4.19. The van der Waals surface area contributed by atoms with E-state index in [1.54, 1.807) is 6.92 Å². The number of aryl methyl sites for hydroxylation is 1. The number of hydrogen-bond donors (Lipinski definition) is 2. The van der Waals surface area contributed by atoms with Gasteiger partial charge in [-0.25, -0.2) is 4.98 Å². The number of halogens is 3. The van der Waals surface area contributed by atoms with Gasteiger partial charge in [0.05, 0.1) is 18.8 Å². The van der Waals surface area contributed by atoms with Gasteiger partial charge in [-0.05, 0) is 37.6 Å². The number of ether oxygens (including phenoxy) is 1. The van der Waals surface area contributed by atoms with Crippen LogP contribution < -0.4 is 15.8 Å². The Morgan fingerprint density at radius 1 is 1.24 bits per heavy atom. The first kappa shape index (κ1) is 20.8. The summed E-state index contributed by atoms with van der Waals surface area (Å²) in [5.41, 5.74) is 0.113. The van der Waals surface area contributed by atoms with Crippen LogP contribution in [0.25, 0.3) is 0 Å². The molecule has 2 heterocycles. The smallest absolute Gasteiger partial charge is 0.378 e. The maximum atomic E-state index is 12.6. The Morgan fingerprint density at radius 3 is 2.48 bits per heavy atom. The van der Waals surface area contributed by atoms with Crippen molar-refractivity contribution in [3.8, 4) is 0 Å². The quantitative estimate of drug-likeness (QED) is 0.791. The Kier molecular flexibility index (Phi) is 6.21. The van der Waals surface area contributed by atoms with E-state index in [-0.39, 0.29) is 24.1 Å². The monoisotopic (exact) mass is 410 g/mol. The van der Waals surface area contributed by atoms with Crippen molar-refractivity contribution in [1.82, 2.24) is 9.97 Å². The summed E-state index contributed by atoms with van der Waals surface area (Å²) in [6.07, 6.45) is -4.25. The molecule has 0 bridgehead atoms. The molecule has 156 valence electrons. The molecule has 0 saturated carbocycles. The van der Waals surface area contributed by atoms with E-state index in [2.05, 4.69) is 15.3 Å². The number of rotatable bonds is 5. The van der Waals surface area contributed by atoms with Crippen LogP contribution in [0.15, 0.2) is 29.1 Å². The lowest BCUT2D eigenvalue weighted by Crippen LogP contribution is -2.38. The van der Waals surface area contributed by atoms with E-state index >= 15 is 0 Å². The number of amides is 1. The van der Waals surface area contributed by atoms with Crippen LogP contribution in [-0.2, 0) is 22.1 Å². The van der Waals surface area contributed by atoms with E-state index in [9.17, 15) is 22.8 Å². The molecule has 0 unspecified atom stereocenters. The van der Waals surface area contributed by atoms with Crippen LogP contribution in [0.4, 0.5) is 24.8 Å². The van der Waals surface area contributed by atoms with Crippen LogP contribution >= 0.6 is 0 Å². The van der Waals surface area contributed by atoms with Gasteiger partial charge < -0.3 is 15.0 Å². The molecule has 1 saturated heterocycles. The number of anilines is 2. The van der Waals surface area contributed by atoms with Crippen molar-refractivity contribution in [2.45, 2.75) is 25.9 Å².